The number of rotatable bonds is 7. The third-order valence-electron chi connectivity index (χ3n) is 7.19. The number of nitrogens with zero attached hydrogens (tertiary/aromatic N) is 3. The first kappa shape index (κ1) is 23.1. The van der Waals surface area contributed by atoms with Crippen molar-refractivity contribution >= 4 is 33.9 Å². The predicted octanol–water partition coefficient (Wildman–Crippen LogP) is 3.68. The van der Waals surface area contributed by atoms with Gasteiger partial charge in [-0.25, -0.2) is 9.97 Å². The molecule has 8 heteroatoms. The van der Waals surface area contributed by atoms with Crippen molar-refractivity contribution in [1.29, 1.82) is 5.41 Å². The van der Waals surface area contributed by atoms with E-state index in [0.717, 1.165) is 46.9 Å². The SMILES string of the molecule is Cn1c(Cc2nc3c([nH]2)CNC(C=N)C3)nc2ccc(C(=O)NCCc3cccc4ccccc34)cc21. The quantitative estimate of drug-likeness (QED) is 0.260. The highest BCUT2D eigenvalue weighted by Gasteiger charge is 2.21. The molecule has 0 saturated carbocycles. The summed E-state index contributed by atoms with van der Waals surface area (Å²) in [5.74, 6) is 1.66. The van der Waals surface area contributed by atoms with Crippen LogP contribution in [0.2, 0.25) is 0 Å². The average molecular weight is 492 g/mol. The van der Waals surface area contributed by atoms with Gasteiger partial charge in [-0.3, -0.25) is 4.79 Å². The number of nitrogens with one attached hydrogen (secondary N) is 4. The summed E-state index contributed by atoms with van der Waals surface area (Å²) < 4.78 is 2.03. The van der Waals surface area contributed by atoms with Crippen LogP contribution < -0.4 is 10.6 Å². The zero-order valence-corrected chi connectivity index (χ0v) is 20.7. The molecule has 0 bridgehead atoms. The number of aromatic nitrogens is 4. The second-order valence-electron chi connectivity index (χ2n) is 9.58. The highest BCUT2D eigenvalue weighted by atomic mass is 16.1. The summed E-state index contributed by atoms with van der Waals surface area (Å²) in [5.41, 5.74) is 5.72. The Morgan fingerprint density at radius 1 is 1.16 bits per heavy atom. The fourth-order valence-electron chi connectivity index (χ4n) is 5.15. The second kappa shape index (κ2) is 9.63. The Labute approximate surface area is 214 Å². The molecule has 3 heterocycles. The molecular weight excluding hydrogens is 462 g/mol. The third kappa shape index (κ3) is 4.51. The number of benzene rings is 3. The van der Waals surface area contributed by atoms with Crippen molar-refractivity contribution in [1.82, 2.24) is 30.2 Å². The van der Waals surface area contributed by atoms with Gasteiger partial charge in [0.25, 0.3) is 5.91 Å². The first-order valence-corrected chi connectivity index (χ1v) is 12.6. The van der Waals surface area contributed by atoms with E-state index >= 15 is 0 Å². The van der Waals surface area contributed by atoms with Crippen LogP contribution in [-0.4, -0.2) is 44.2 Å². The molecule has 1 aliphatic rings. The first-order chi connectivity index (χ1) is 18.1. The van der Waals surface area contributed by atoms with E-state index in [4.69, 9.17) is 15.4 Å². The Bertz CT molecular complexity index is 1630. The summed E-state index contributed by atoms with van der Waals surface area (Å²) in [6.07, 6.45) is 3.49. The van der Waals surface area contributed by atoms with Gasteiger partial charge >= 0.3 is 0 Å². The Morgan fingerprint density at radius 2 is 2.03 bits per heavy atom. The van der Waals surface area contributed by atoms with Crippen LogP contribution in [0, 0.1) is 5.41 Å². The minimum Gasteiger partial charge on any atom is -0.352 e. The highest BCUT2D eigenvalue weighted by molar-refractivity contribution is 5.97. The molecule has 0 radical (unpaired) electrons. The van der Waals surface area contributed by atoms with Crippen LogP contribution in [0.1, 0.15) is 39.0 Å². The van der Waals surface area contributed by atoms with E-state index < -0.39 is 0 Å². The number of H-pyrrole nitrogens is 1. The smallest absolute Gasteiger partial charge is 0.251 e. The van der Waals surface area contributed by atoms with Crippen LogP contribution in [0.25, 0.3) is 21.8 Å². The van der Waals surface area contributed by atoms with E-state index in [1.165, 1.54) is 22.6 Å². The van der Waals surface area contributed by atoms with E-state index in [1.54, 1.807) is 0 Å². The van der Waals surface area contributed by atoms with Crippen molar-refractivity contribution in [2.75, 3.05) is 6.54 Å². The summed E-state index contributed by atoms with van der Waals surface area (Å²) in [7, 11) is 1.97. The minimum absolute atomic E-state index is 0.0380. The van der Waals surface area contributed by atoms with E-state index in [1.807, 2.05) is 41.9 Å². The number of carbonyl (C=O) groups is 1. The van der Waals surface area contributed by atoms with E-state index in [2.05, 4.69) is 45.9 Å². The number of carbonyl (C=O) groups excluding carboxylic acids is 1. The molecule has 8 nitrogen and oxygen atoms in total. The van der Waals surface area contributed by atoms with Gasteiger partial charge in [0.05, 0.1) is 28.8 Å². The van der Waals surface area contributed by atoms with Gasteiger partial charge in [0, 0.05) is 44.4 Å². The van der Waals surface area contributed by atoms with Gasteiger partial charge in [0.15, 0.2) is 0 Å². The monoisotopic (exact) mass is 491 g/mol. The highest BCUT2D eigenvalue weighted by Crippen LogP contribution is 2.21. The molecule has 0 spiro atoms. The molecular formula is C29H29N7O. The molecule has 0 aliphatic carbocycles. The zero-order chi connectivity index (χ0) is 25.4. The van der Waals surface area contributed by atoms with Gasteiger partial charge in [-0.15, -0.1) is 0 Å². The van der Waals surface area contributed by atoms with Gasteiger partial charge < -0.3 is 25.6 Å². The van der Waals surface area contributed by atoms with Crippen molar-refractivity contribution in [2.24, 2.45) is 7.05 Å². The van der Waals surface area contributed by atoms with Gasteiger partial charge in [-0.05, 0) is 41.0 Å². The van der Waals surface area contributed by atoms with Gasteiger partial charge in [0.2, 0.25) is 0 Å². The maximum Gasteiger partial charge on any atom is 0.251 e. The van der Waals surface area contributed by atoms with Crippen LogP contribution in [0.15, 0.2) is 60.7 Å². The molecule has 3 aromatic carbocycles. The molecule has 2 aromatic heterocycles. The summed E-state index contributed by atoms with van der Waals surface area (Å²) in [5, 5.41) is 16.3. The van der Waals surface area contributed by atoms with Crippen LogP contribution >= 0.6 is 0 Å². The molecule has 5 aromatic rings. The molecule has 37 heavy (non-hydrogen) atoms. The number of fused-ring (bicyclic) bond motifs is 3. The van der Waals surface area contributed by atoms with Gasteiger partial charge in [0.1, 0.15) is 11.6 Å². The molecule has 1 aliphatic heterocycles. The number of hydrogen-bond donors (Lipinski definition) is 4. The topological polar surface area (TPSA) is 111 Å². The lowest BCUT2D eigenvalue weighted by atomic mass is 10.0. The number of imidazole rings is 2. The number of hydrogen-bond acceptors (Lipinski definition) is 5. The summed E-state index contributed by atoms with van der Waals surface area (Å²) in [4.78, 5) is 25.9. The maximum atomic E-state index is 12.9. The summed E-state index contributed by atoms with van der Waals surface area (Å²) >= 11 is 0. The number of aromatic amines is 1. The Morgan fingerprint density at radius 3 is 2.92 bits per heavy atom. The largest absolute Gasteiger partial charge is 0.352 e. The van der Waals surface area contributed by atoms with E-state index in [-0.39, 0.29) is 11.9 Å². The lowest BCUT2D eigenvalue weighted by Gasteiger charge is -2.18. The maximum absolute atomic E-state index is 12.9. The fraction of sp³-hybridized carbons (Fsp3) is 0.241. The van der Waals surface area contributed by atoms with Crippen LogP contribution in [-0.2, 0) is 32.9 Å². The lowest BCUT2D eigenvalue weighted by molar-refractivity contribution is 0.0954. The lowest BCUT2D eigenvalue weighted by Crippen LogP contribution is -2.36. The predicted molar refractivity (Wildman–Crippen MR) is 145 cm³/mol. The fourth-order valence-corrected chi connectivity index (χ4v) is 5.15. The van der Waals surface area contributed by atoms with Crippen molar-refractivity contribution in [3.63, 3.8) is 0 Å². The van der Waals surface area contributed by atoms with Crippen molar-refractivity contribution in [3.05, 3.63) is 94.8 Å². The number of amides is 1. The molecule has 6 rings (SSSR count). The Hall–Kier alpha value is -4.30. The molecule has 1 atom stereocenters. The first-order valence-electron chi connectivity index (χ1n) is 12.6. The molecule has 1 amide bonds. The third-order valence-corrected chi connectivity index (χ3v) is 7.19. The Kier molecular flexibility index (Phi) is 6.02. The van der Waals surface area contributed by atoms with Crippen LogP contribution in [0.4, 0.5) is 0 Å². The molecule has 0 saturated heterocycles. The molecule has 186 valence electrons. The minimum atomic E-state index is -0.0863. The van der Waals surface area contributed by atoms with Gasteiger partial charge in [-0.2, -0.15) is 0 Å². The zero-order valence-electron chi connectivity index (χ0n) is 20.7. The van der Waals surface area contributed by atoms with E-state index in [0.29, 0.717) is 25.1 Å². The van der Waals surface area contributed by atoms with Gasteiger partial charge in [-0.1, -0.05) is 42.5 Å². The van der Waals surface area contributed by atoms with Crippen molar-refractivity contribution in [2.45, 2.75) is 31.8 Å². The standard InChI is InChI=1S/C29H29N7O/c1-36-26-13-20(29(37)31-12-11-19-7-4-6-18-5-2-3-8-22(18)19)9-10-23(26)35-28(36)15-27-33-24-14-21(16-30)32-17-25(24)34-27/h2-10,13,16,21,30,32H,11-12,14-15,17H2,1H3,(H,31,37)(H,33,34). The molecule has 0 fully saturated rings. The average Bonchev–Trinajstić information content (AvgIpc) is 3.47. The van der Waals surface area contributed by atoms with Crippen molar-refractivity contribution < 1.29 is 4.79 Å². The second-order valence-corrected chi connectivity index (χ2v) is 9.58. The van der Waals surface area contributed by atoms with E-state index in [9.17, 15) is 4.79 Å². The Balaban J connectivity index is 1.15. The van der Waals surface area contributed by atoms with Crippen LogP contribution in [0.5, 0.6) is 0 Å². The normalized spacial score (nSPS) is 15.1. The summed E-state index contributed by atoms with van der Waals surface area (Å²) in [6.45, 7) is 1.25. The number of aryl methyl sites for hydroxylation is 1. The molecule has 4 N–H and O–H groups in total. The van der Waals surface area contributed by atoms with Crippen LogP contribution in [0.3, 0.4) is 0 Å². The summed E-state index contributed by atoms with van der Waals surface area (Å²) in [6, 6.07) is 20.3. The molecule has 1 unspecified atom stereocenters. The van der Waals surface area contributed by atoms with Crippen molar-refractivity contribution in [3.8, 4) is 0 Å².